The summed E-state index contributed by atoms with van der Waals surface area (Å²) in [5.74, 6) is 0.00220. The van der Waals surface area contributed by atoms with E-state index in [0.29, 0.717) is 11.5 Å². The van der Waals surface area contributed by atoms with E-state index < -0.39 is 23.6 Å². The number of halogens is 1. The Kier molecular flexibility index (Phi) is 15.4. The van der Waals surface area contributed by atoms with Gasteiger partial charge in [0.2, 0.25) is 5.91 Å². The van der Waals surface area contributed by atoms with Crippen LogP contribution in [0, 0.1) is 11.8 Å². The summed E-state index contributed by atoms with van der Waals surface area (Å²) in [6, 6.07) is 4.01. The maximum Gasteiger partial charge on any atom is 0.251 e. The highest BCUT2D eigenvalue weighted by Crippen LogP contribution is 2.35. The van der Waals surface area contributed by atoms with Gasteiger partial charge in [-0.2, -0.15) is 67.5 Å². The Balaban J connectivity index is 0.00000259. The number of alkyl halides is 1. The third-order valence-corrected chi connectivity index (χ3v) is 8.26. The van der Waals surface area contributed by atoms with Crippen LogP contribution in [0.3, 0.4) is 0 Å². The topological polar surface area (TPSA) is 88.6 Å². The van der Waals surface area contributed by atoms with Crippen LogP contribution in [0.5, 0.6) is 0 Å². The first kappa shape index (κ1) is 36.7. The highest BCUT2D eigenvalue weighted by molar-refractivity contribution is 7.60. The van der Waals surface area contributed by atoms with Gasteiger partial charge in [0.05, 0.1) is 21.1 Å². The van der Waals surface area contributed by atoms with Crippen molar-refractivity contribution in [2.75, 3.05) is 13.2 Å². The van der Waals surface area contributed by atoms with Gasteiger partial charge in [-0.25, -0.2) is 4.98 Å². The lowest BCUT2D eigenvalue weighted by atomic mass is 9.78. The van der Waals surface area contributed by atoms with E-state index in [-0.39, 0.29) is 104 Å². The molecular weight excluding hydrogens is 610 g/mol. The fourth-order valence-corrected chi connectivity index (χ4v) is 6.30. The van der Waals surface area contributed by atoms with Gasteiger partial charge in [0, 0.05) is 12.1 Å². The van der Waals surface area contributed by atoms with Crippen molar-refractivity contribution in [2.24, 2.45) is 11.8 Å². The summed E-state index contributed by atoms with van der Waals surface area (Å²) in [4.78, 5) is 45.2. The average Bonchev–Trinajstić information content (AvgIpc) is 3.49. The standard InChI is InChI=1S/C23H26ClN3O4S.5H2S/c1-12-2-4-13(5-3-12)19(23(30)27-9-15(24)21-20(27)17(28)10-31-21)26-22(29)14-6-7-16-18(8-14)32-11-25-16;;;;;/h6-8,11-13,15,19-21H,2-5,9-10H2,1H3,(H,26,29);5*1H2/t12?,13?,15-,19-,20+,21+;;;;;/m0...../s1. The molecule has 0 bridgehead atoms. The molecule has 1 aliphatic carbocycles. The van der Waals surface area contributed by atoms with Gasteiger partial charge in [0.15, 0.2) is 5.78 Å². The van der Waals surface area contributed by atoms with Crippen LogP contribution in [0.15, 0.2) is 23.7 Å². The Morgan fingerprint density at radius 3 is 2.49 bits per heavy atom. The van der Waals surface area contributed by atoms with Gasteiger partial charge in [-0.05, 0) is 42.9 Å². The minimum atomic E-state index is -0.692. The van der Waals surface area contributed by atoms with Crippen molar-refractivity contribution in [2.45, 2.75) is 56.2 Å². The summed E-state index contributed by atoms with van der Waals surface area (Å²) in [6.45, 7) is 2.45. The molecule has 37 heavy (non-hydrogen) atoms. The van der Waals surface area contributed by atoms with E-state index in [1.165, 1.54) is 11.3 Å². The average molecular weight is 646 g/mol. The summed E-state index contributed by atoms with van der Waals surface area (Å²) in [7, 11) is 0. The molecule has 210 valence electrons. The van der Waals surface area contributed by atoms with E-state index in [9.17, 15) is 14.4 Å². The minimum Gasteiger partial charge on any atom is -0.366 e. The molecule has 5 rings (SSSR count). The van der Waals surface area contributed by atoms with E-state index in [4.69, 9.17) is 16.3 Å². The zero-order valence-corrected chi connectivity index (χ0v) is 26.9. The Bertz CT molecular complexity index is 1070. The molecule has 0 radical (unpaired) electrons. The number of ketones is 1. The zero-order chi connectivity index (χ0) is 22.4. The number of carbonyl (C=O) groups is 3. The molecule has 2 aromatic rings. The number of aromatic nitrogens is 1. The van der Waals surface area contributed by atoms with E-state index in [0.717, 1.165) is 35.9 Å². The van der Waals surface area contributed by atoms with Crippen LogP contribution in [0.25, 0.3) is 10.2 Å². The lowest BCUT2D eigenvalue weighted by molar-refractivity contribution is -0.139. The quantitative estimate of drug-likeness (QED) is 0.514. The molecule has 3 fully saturated rings. The summed E-state index contributed by atoms with van der Waals surface area (Å²) in [6.07, 6.45) is 3.29. The second-order valence-corrected chi connectivity index (χ2v) is 10.6. The van der Waals surface area contributed by atoms with Gasteiger partial charge in [0.1, 0.15) is 24.8 Å². The lowest BCUT2D eigenvalue weighted by Gasteiger charge is -2.35. The Labute approximate surface area is 261 Å². The monoisotopic (exact) mass is 645 g/mol. The summed E-state index contributed by atoms with van der Waals surface area (Å²) < 4.78 is 6.46. The third-order valence-electron chi connectivity index (χ3n) is 7.08. The summed E-state index contributed by atoms with van der Waals surface area (Å²) in [5.41, 5.74) is 3.09. The second kappa shape index (κ2) is 15.5. The van der Waals surface area contributed by atoms with Gasteiger partial charge in [0.25, 0.3) is 5.91 Å². The molecule has 1 N–H and O–H groups in total. The number of hydrogen-bond acceptors (Lipinski definition) is 6. The van der Waals surface area contributed by atoms with Gasteiger partial charge in [-0.3, -0.25) is 14.4 Å². The fourth-order valence-electron chi connectivity index (χ4n) is 5.22. The van der Waals surface area contributed by atoms with E-state index >= 15 is 0 Å². The number of Topliss-reactive ketones (excluding diaryl/α,β-unsaturated/α-hetero) is 1. The van der Waals surface area contributed by atoms with E-state index in [1.807, 2.05) is 12.1 Å². The molecule has 3 aliphatic rings. The molecule has 1 saturated carbocycles. The smallest absolute Gasteiger partial charge is 0.251 e. The number of hydrogen-bond donors (Lipinski definition) is 1. The number of fused-ring (bicyclic) bond motifs is 2. The van der Waals surface area contributed by atoms with Crippen molar-refractivity contribution in [3.05, 3.63) is 29.3 Å². The molecule has 0 unspecified atom stereocenters. The van der Waals surface area contributed by atoms with Crippen LogP contribution < -0.4 is 5.32 Å². The van der Waals surface area contributed by atoms with Crippen LogP contribution >= 0.6 is 90.4 Å². The highest BCUT2D eigenvalue weighted by Gasteiger charge is 2.53. The van der Waals surface area contributed by atoms with Gasteiger partial charge < -0.3 is 15.0 Å². The van der Waals surface area contributed by atoms with Crippen LogP contribution in [0.2, 0.25) is 0 Å². The maximum absolute atomic E-state index is 13.7. The van der Waals surface area contributed by atoms with Gasteiger partial charge >= 0.3 is 0 Å². The number of thiazole rings is 1. The number of benzene rings is 1. The molecule has 4 atom stereocenters. The molecule has 2 saturated heterocycles. The predicted octanol–water partition coefficient (Wildman–Crippen LogP) is 3.57. The van der Waals surface area contributed by atoms with Crippen molar-refractivity contribution in [1.82, 2.24) is 15.2 Å². The van der Waals surface area contributed by atoms with Gasteiger partial charge in [-0.15, -0.1) is 22.9 Å². The summed E-state index contributed by atoms with van der Waals surface area (Å²) >= 11 is 7.88. The molecule has 2 aliphatic heterocycles. The number of rotatable bonds is 4. The predicted molar refractivity (Wildman–Crippen MR) is 174 cm³/mol. The molecule has 0 spiro atoms. The van der Waals surface area contributed by atoms with E-state index in [2.05, 4.69) is 17.2 Å². The third kappa shape index (κ3) is 7.47. The Hall–Kier alpha value is -0.280. The summed E-state index contributed by atoms with van der Waals surface area (Å²) in [5, 5.41) is 2.60. The first-order valence-electron chi connectivity index (χ1n) is 11.2. The fraction of sp³-hybridized carbons (Fsp3) is 0.565. The minimum absolute atomic E-state index is 0. The lowest BCUT2D eigenvalue weighted by Crippen LogP contribution is -2.55. The van der Waals surface area contributed by atoms with Gasteiger partial charge in [-0.1, -0.05) is 19.8 Å². The molecule has 1 aromatic carbocycles. The molecule has 7 nitrogen and oxygen atoms in total. The largest absolute Gasteiger partial charge is 0.366 e. The molecule has 1 aromatic heterocycles. The number of nitrogens with one attached hydrogen (secondary N) is 1. The van der Waals surface area contributed by atoms with Crippen LogP contribution in [0.4, 0.5) is 0 Å². The Morgan fingerprint density at radius 2 is 1.81 bits per heavy atom. The molecular formula is C23H36ClN3O4S6. The number of carbonyl (C=O) groups excluding carboxylic acids is 3. The molecule has 3 heterocycles. The zero-order valence-electron chi connectivity index (χ0n) is 20.3. The first-order valence-corrected chi connectivity index (χ1v) is 12.5. The van der Waals surface area contributed by atoms with Crippen LogP contribution in [-0.4, -0.2) is 64.2 Å². The highest BCUT2D eigenvalue weighted by atomic mass is 35.5. The molecule has 2 amide bonds. The van der Waals surface area contributed by atoms with Crippen molar-refractivity contribution in [1.29, 1.82) is 0 Å². The Morgan fingerprint density at radius 1 is 1.14 bits per heavy atom. The van der Waals surface area contributed by atoms with Crippen molar-refractivity contribution in [3.63, 3.8) is 0 Å². The van der Waals surface area contributed by atoms with Crippen molar-refractivity contribution < 1.29 is 19.1 Å². The van der Waals surface area contributed by atoms with Crippen LogP contribution in [-0.2, 0) is 14.3 Å². The maximum atomic E-state index is 13.7. The number of nitrogens with zero attached hydrogens (tertiary/aromatic N) is 2. The second-order valence-electron chi connectivity index (χ2n) is 9.20. The number of ether oxygens (including phenoxy) is 1. The number of amides is 2. The van der Waals surface area contributed by atoms with Crippen LogP contribution in [0.1, 0.15) is 43.0 Å². The first-order chi connectivity index (χ1) is 15.4. The SMILES string of the molecule is CC1CCC([C@H](NC(=O)c2ccc3ncsc3c2)C(=O)N2C[C@H](Cl)[C@H]3OCC(=O)[C@H]32)CC1.S.S.S.S.S. The van der Waals surface area contributed by atoms with Crippen molar-refractivity contribution in [3.8, 4) is 0 Å². The number of likely N-dealkylation sites (tertiary alicyclic amines) is 1. The van der Waals surface area contributed by atoms with Crippen molar-refractivity contribution >= 4 is 118 Å². The van der Waals surface area contributed by atoms with E-state index in [1.54, 1.807) is 16.5 Å². The normalized spacial score (nSPS) is 26.8. The molecule has 14 heteroatoms.